The molecule has 0 aliphatic rings. The van der Waals surface area contributed by atoms with E-state index >= 15 is 0 Å². The Morgan fingerprint density at radius 1 is 0.778 bits per heavy atom. The molecule has 3 aromatic rings. The van der Waals surface area contributed by atoms with Crippen LogP contribution in [0.3, 0.4) is 0 Å². The Morgan fingerprint density at radius 3 is 1.92 bits per heavy atom. The molecule has 0 saturated heterocycles. The Kier molecular flexibility index (Phi) is 8.53. The summed E-state index contributed by atoms with van der Waals surface area (Å²) in [4.78, 5) is 37.7. The van der Waals surface area contributed by atoms with E-state index in [9.17, 15) is 14.4 Å². The van der Waals surface area contributed by atoms with Crippen LogP contribution in [0.5, 0.6) is 5.75 Å². The van der Waals surface area contributed by atoms with E-state index in [0.29, 0.717) is 27.0 Å². The Balaban J connectivity index is 1.59. The van der Waals surface area contributed by atoms with Crippen molar-refractivity contribution in [3.63, 3.8) is 0 Å². The minimum atomic E-state index is -0.512. The Labute approximate surface area is 219 Å². The number of rotatable bonds is 6. The van der Waals surface area contributed by atoms with E-state index in [2.05, 4.69) is 52.9 Å². The van der Waals surface area contributed by atoms with Gasteiger partial charge in [0.25, 0.3) is 17.7 Å². The van der Waals surface area contributed by atoms with Crippen molar-refractivity contribution >= 4 is 39.3 Å². The number of ether oxygens (including phenoxy) is 1. The maximum absolute atomic E-state index is 12.6. The van der Waals surface area contributed by atoms with E-state index in [1.54, 1.807) is 54.6 Å². The lowest BCUT2D eigenvalue weighted by Crippen LogP contribution is -2.41. The van der Waals surface area contributed by atoms with Crippen LogP contribution in [0.4, 0.5) is 5.69 Å². The van der Waals surface area contributed by atoms with Crippen LogP contribution >= 0.6 is 15.9 Å². The topological polar surface area (TPSA) is 96.5 Å². The van der Waals surface area contributed by atoms with Crippen molar-refractivity contribution in [2.24, 2.45) is 0 Å². The number of hydrogen-bond acceptors (Lipinski definition) is 4. The molecule has 0 aliphatic carbocycles. The normalized spacial score (nSPS) is 11.1. The summed E-state index contributed by atoms with van der Waals surface area (Å²) < 4.78 is 6.39. The van der Waals surface area contributed by atoms with Gasteiger partial charge in [-0.1, -0.05) is 48.8 Å². The molecule has 0 bridgehead atoms. The first-order chi connectivity index (χ1) is 16.9. The standard InChI is InChI=1S/C28H30BrN3O4/c1-17(2)36-24-15-12-21(29)16-23(24)27(35)32-31-26(34)19-8-13-22(14-9-19)30-25(33)18-6-10-20(11-7-18)28(3,4)5/h6-17H,1-5H3,(H,30,33)(H,31,34)(H,32,35). The fraction of sp³-hybridized carbons (Fsp3) is 0.250. The molecule has 3 aromatic carbocycles. The third-order valence-corrected chi connectivity index (χ3v) is 5.75. The van der Waals surface area contributed by atoms with Crippen LogP contribution in [0.1, 0.15) is 71.3 Å². The highest BCUT2D eigenvalue weighted by Crippen LogP contribution is 2.24. The van der Waals surface area contributed by atoms with E-state index in [1.165, 1.54) is 0 Å². The molecule has 0 fully saturated rings. The first kappa shape index (κ1) is 26.9. The lowest BCUT2D eigenvalue weighted by molar-refractivity contribution is 0.0843. The van der Waals surface area contributed by atoms with E-state index in [-0.39, 0.29) is 23.0 Å². The number of nitrogens with one attached hydrogen (secondary N) is 3. The van der Waals surface area contributed by atoms with Crippen molar-refractivity contribution in [1.29, 1.82) is 0 Å². The van der Waals surface area contributed by atoms with Crippen LogP contribution in [0.25, 0.3) is 0 Å². The average molecular weight is 552 g/mol. The monoisotopic (exact) mass is 551 g/mol. The zero-order valence-electron chi connectivity index (χ0n) is 20.9. The van der Waals surface area contributed by atoms with Gasteiger partial charge in [0.05, 0.1) is 11.7 Å². The van der Waals surface area contributed by atoms with Crippen molar-refractivity contribution < 1.29 is 19.1 Å². The summed E-state index contributed by atoms with van der Waals surface area (Å²) in [6, 6.07) is 18.9. The predicted molar refractivity (Wildman–Crippen MR) is 144 cm³/mol. The van der Waals surface area contributed by atoms with Gasteiger partial charge in [0.2, 0.25) is 0 Å². The second-order valence-corrected chi connectivity index (χ2v) is 10.5. The van der Waals surface area contributed by atoms with Gasteiger partial charge in [-0.15, -0.1) is 0 Å². The number of carbonyl (C=O) groups is 3. The predicted octanol–water partition coefficient (Wildman–Crippen LogP) is 5.86. The largest absolute Gasteiger partial charge is 0.490 e. The quantitative estimate of drug-likeness (QED) is 0.334. The smallest absolute Gasteiger partial charge is 0.273 e. The minimum absolute atomic E-state index is 0.00692. The number of anilines is 1. The Morgan fingerprint density at radius 2 is 1.33 bits per heavy atom. The van der Waals surface area contributed by atoms with Gasteiger partial charge < -0.3 is 10.1 Å². The summed E-state index contributed by atoms with van der Waals surface area (Å²) >= 11 is 3.34. The van der Waals surface area contributed by atoms with Gasteiger partial charge in [0.15, 0.2) is 0 Å². The Bertz CT molecular complexity index is 1250. The third-order valence-electron chi connectivity index (χ3n) is 5.26. The van der Waals surface area contributed by atoms with Crippen molar-refractivity contribution in [3.05, 3.63) is 93.5 Å². The third kappa shape index (κ3) is 7.18. The first-order valence-corrected chi connectivity index (χ1v) is 12.3. The molecule has 8 heteroatoms. The molecule has 188 valence electrons. The van der Waals surface area contributed by atoms with Gasteiger partial charge >= 0.3 is 0 Å². The Hall–Kier alpha value is -3.65. The van der Waals surface area contributed by atoms with Crippen LogP contribution in [-0.4, -0.2) is 23.8 Å². The maximum atomic E-state index is 12.6. The van der Waals surface area contributed by atoms with Gasteiger partial charge in [-0.25, -0.2) is 0 Å². The molecular formula is C28H30BrN3O4. The van der Waals surface area contributed by atoms with Crippen LogP contribution in [-0.2, 0) is 5.41 Å². The summed E-state index contributed by atoms with van der Waals surface area (Å²) in [6.07, 6.45) is -0.117. The molecule has 0 unspecified atom stereocenters. The van der Waals surface area contributed by atoms with E-state index in [0.717, 1.165) is 5.56 Å². The van der Waals surface area contributed by atoms with Crippen LogP contribution in [0, 0.1) is 0 Å². The number of benzene rings is 3. The molecule has 0 saturated carbocycles. The molecule has 0 aliphatic heterocycles. The number of carbonyl (C=O) groups excluding carboxylic acids is 3. The summed E-state index contributed by atoms with van der Waals surface area (Å²) in [5.74, 6) is -0.844. The van der Waals surface area contributed by atoms with E-state index < -0.39 is 11.8 Å². The van der Waals surface area contributed by atoms with Crippen LogP contribution in [0.15, 0.2) is 71.2 Å². The zero-order chi connectivity index (χ0) is 26.5. The second-order valence-electron chi connectivity index (χ2n) is 9.57. The highest BCUT2D eigenvalue weighted by atomic mass is 79.9. The lowest BCUT2D eigenvalue weighted by Gasteiger charge is -2.19. The second kappa shape index (κ2) is 11.4. The molecule has 0 heterocycles. The van der Waals surface area contributed by atoms with Crippen molar-refractivity contribution in [2.45, 2.75) is 46.1 Å². The van der Waals surface area contributed by atoms with Gasteiger partial charge in [-0.3, -0.25) is 25.2 Å². The highest BCUT2D eigenvalue weighted by Gasteiger charge is 2.17. The summed E-state index contributed by atoms with van der Waals surface area (Å²) in [5, 5.41) is 2.82. The van der Waals surface area contributed by atoms with Gasteiger partial charge in [-0.2, -0.15) is 0 Å². The molecule has 3 N–H and O–H groups in total. The van der Waals surface area contributed by atoms with E-state index in [4.69, 9.17) is 4.74 Å². The van der Waals surface area contributed by atoms with Gasteiger partial charge in [-0.05, 0) is 79.4 Å². The highest BCUT2D eigenvalue weighted by molar-refractivity contribution is 9.10. The molecular weight excluding hydrogens is 522 g/mol. The average Bonchev–Trinajstić information content (AvgIpc) is 2.83. The molecule has 36 heavy (non-hydrogen) atoms. The molecule has 3 amide bonds. The number of amides is 3. The van der Waals surface area contributed by atoms with Crippen molar-refractivity contribution in [2.75, 3.05) is 5.32 Å². The van der Waals surface area contributed by atoms with Crippen molar-refractivity contribution in [3.8, 4) is 5.75 Å². The maximum Gasteiger partial charge on any atom is 0.273 e. The van der Waals surface area contributed by atoms with Crippen molar-refractivity contribution in [1.82, 2.24) is 10.9 Å². The SMILES string of the molecule is CC(C)Oc1ccc(Br)cc1C(=O)NNC(=O)c1ccc(NC(=O)c2ccc(C(C)(C)C)cc2)cc1. The van der Waals surface area contributed by atoms with Gasteiger partial charge in [0.1, 0.15) is 5.75 Å². The summed E-state index contributed by atoms with van der Waals surface area (Å²) in [5.41, 5.74) is 7.66. The molecule has 0 atom stereocenters. The summed E-state index contributed by atoms with van der Waals surface area (Å²) in [7, 11) is 0. The first-order valence-electron chi connectivity index (χ1n) is 11.5. The fourth-order valence-electron chi connectivity index (χ4n) is 3.32. The van der Waals surface area contributed by atoms with Crippen LogP contribution in [0.2, 0.25) is 0 Å². The molecule has 3 rings (SSSR count). The van der Waals surface area contributed by atoms with Gasteiger partial charge in [0, 0.05) is 21.3 Å². The minimum Gasteiger partial charge on any atom is -0.490 e. The van der Waals surface area contributed by atoms with Crippen LogP contribution < -0.4 is 20.9 Å². The van der Waals surface area contributed by atoms with E-state index in [1.807, 2.05) is 26.0 Å². The number of halogens is 1. The fourth-order valence-corrected chi connectivity index (χ4v) is 3.68. The molecule has 0 aromatic heterocycles. The number of hydrogen-bond donors (Lipinski definition) is 3. The molecule has 0 radical (unpaired) electrons. The molecule has 0 spiro atoms. The molecule has 7 nitrogen and oxygen atoms in total. The summed E-state index contributed by atoms with van der Waals surface area (Å²) in [6.45, 7) is 10.1. The number of hydrazine groups is 1. The lowest BCUT2D eigenvalue weighted by atomic mass is 9.87. The zero-order valence-corrected chi connectivity index (χ0v) is 22.5.